The molecule has 0 radical (unpaired) electrons. The fraction of sp³-hybridized carbons (Fsp3) is 0. The smallest absolute Gasteiger partial charge is 0.120 e. The topological polar surface area (TPSA) is 38.7 Å². The van der Waals surface area contributed by atoms with Crippen LogP contribution in [0.5, 0.6) is 0 Å². The lowest BCUT2D eigenvalue weighted by Gasteiger charge is -2.02. The maximum absolute atomic E-state index is 4.25. The molecule has 0 atom stereocenters. The first-order valence-corrected chi connectivity index (χ1v) is 6.41. The van der Waals surface area contributed by atoms with Crippen molar-refractivity contribution in [3.63, 3.8) is 0 Å². The Hall–Kier alpha value is -0.460. The van der Waals surface area contributed by atoms with Crippen molar-refractivity contribution in [3.05, 3.63) is 39.8 Å². The molecule has 0 bridgehead atoms. The van der Waals surface area contributed by atoms with Crippen molar-refractivity contribution in [2.45, 2.75) is 10.1 Å². The van der Waals surface area contributed by atoms with Gasteiger partial charge in [0.05, 0.1) is 8.95 Å². The van der Waals surface area contributed by atoms with Gasteiger partial charge in [0, 0.05) is 12.4 Å². The second-order valence-electron chi connectivity index (χ2n) is 2.57. The summed E-state index contributed by atoms with van der Waals surface area (Å²) in [7, 11) is 0. The summed E-state index contributed by atoms with van der Waals surface area (Å²) in [5, 5.41) is 1.74. The van der Waals surface area contributed by atoms with E-state index in [-0.39, 0.29) is 0 Å². The zero-order chi connectivity index (χ0) is 10.7. The van der Waals surface area contributed by atoms with Gasteiger partial charge in [-0.05, 0) is 55.8 Å². The highest BCUT2D eigenvalue weighted by Gasteiger charge is 2.07. The number of halogens is 2. The Balaban J connectivity index is 2.30. The zero-order valence-corrected chi connectivity index (χ0v) is 11.4. The SMILES string of the molecule is Brc1cccnc1Sc1ncncc1Br. The van der Waals surface area contributed by atoms with Crippen LogP contribution in [0.25, 0.3) is 0 Å². The van der Waals surface area contributed by atoms with Crippen molar-refractivity contribution >= 4 is 43.6 Å². The van der Waals surface area contributed by atoms with Gasteiger partial charge < -0.3 is 0 Å². The summed E-state index contributed by atoms with van der Waals surface area (Å²) in [5.41, 5.74) is 0. The molecular formula is C9H5Br2N3S. The predicted molar refractivity (Wildman–Crippen MR) is 65.8 cm³/mol. The van der Waals surface area contributed by atoms with Gasteiger partial charge in [-0.1, -0.05) is 0 Å². The Kier molecular flexibility index (Phi) is 3.71. The first kappa shape index (κ1) is 11.0. The number of hydrogen-bond donors (Lipinski definition) is 0. The standard InChI is InChI=1S/C9H5Br2N3S/c10-6-2-1-3-13-8(6)15-9-7(11)4-12-5-14-9/h1-5H. The molecule has 0 aliphatic rings. The highest BCUT2D eigenvalue weighted by atomic mass is 79.9. The van der Waals surface area contributed by atoms with Crippen LogP contribution >= 0.6 is 43.6 Å². The molecule has 0 aliphatic heterocycles. The minimum Gasteiger partial charge on any atom is -0.248 e. The first-order valence-electron chi connectivity index (χ1n) is 4.01. The van der Waals surface area contributed by atoms with Crippen LogP contribution in [-0.4, -0.2) is 15.0 Å². The summed E-state index contributed by atoms with van der Waals surface area (Å²) in [6, 6.07) is 3.83. The molecule has 0 saturated carbocycles. The van der Waals surface area contributed by atoms with Gasteiger partial charge in [-0.3, -0.25) is 0 Å². The van der Waals surface area contributed by atoms with Crippen molar-refractivity contribution in [1.82, 2.24) is 15.0 Å². The van der Waals surface area contributed by atoms with Gasteiger partial charge in [-0.2, -0.15) is 0 Å². The molecule has 0 aliphatic carbocycles. The summed E-state index contributed by atoms with van der Waals surface area (Å²) in [5.74, 6) is 0. The number of aromatic nitrogens is 3. The largest absolute Gasteiger partial charge is 0.248 e. The molecule has 6 heteroatoms. The quantitative estimate of drug-likeness (QED) is 0.779. The van der Waals surface area contributed by atoms with Crippen LogP contribution in [0.4, 0.5) is 0 Å². The number of nitrogens with zero attached hydrogens (tertiary/aromatic N) is 3. The molecule has 0 N–H and O–H groups in total. The first-order chi connectivity index (χ1) is 7.27. The Bertz CT molecular complexity index is 435. The van der Waals surface area contributed by atoms with Crippen LogP contribution in [0.1, 0.15) is 0 Å². The summed E-state index contributed by atoms with van der Waals surface area (Å²) in [6.07, 6.45) is 4.98. The van der Waals surface area contributed by atoms with E-state index in [2.05, 4.69) is 46.8 Å². The Morgan fingerprint density at radius 3 is 2.60 bits per heavy atom. The maximum Gasteiger partial charge on any atom is 0.120 e. The molecule has 2 aromatic rings. The van der Waals surface area contributed by atoms with E-state index in [4.69, 9.17) is 0 Å². The van der Waals surface area contributed by atoms with E-state index in [1.807, 2.05) is 12.1 Å². The van der Waals surface area contributed by atoms with Crippen molar-refractivity contribution < 1.29 is 0 Å². The lowest BCUT2D eigenvalue weighted by molar-refractivity contribution is 1.01. The van der Waals surface area contributed by atoms with E-state index in [0.717, 1.165) is 19.0 Å². The summed E-state index contributed by atoms with van der Waals surface area (Å²) in [4.78, 5) is 12.3. The molecule has 2 heterocycles. The summed E-state index contributed by atoms with van der Waals surface area (Å²) < 4.78 is 1.83. The number of hydrogen-bond acceptors (Lipinski definition) is 4. The second-order valence-corrected chi connectivity index (χ2v) is 5.25. The molecule has 0 unspecified atom stereocenters. The fourth-order valence-corrected chi connectivity index (χ4v) is 2.59. The Morgan fingerprint density at radius 2 is 1.87 bits per heavy atom. The van der Waals surface area contributed by atoms with Gasteiger partial charge in [0.1, 0.15) is 16.4 Å². The van der Waals surface area contributed by atoms with Gasteiger partial charge in [0.25, 0.3) is 0 Å². The van der Waals surface area contributed by atoms with Gasteiger partial charge in [-0.25, -0.2) is 15.0 Å². The van der Waals surface area contributed by atoms with Crippen molar-refractivity contribution in [3.8, 4) is 0 Å². The molecule has 0 spiro atoms. The third-order valence-corrected chi connectivity index (χ3v) is 4.33. The van der Waals surface area contributed by atoms with Gasteiger partial charge in [-0.15, -0.1) is 0 Å². The molecule has 0 aromatic carbocycles. The molecule has 76 valence electrons. The van der Waals surface area contributed by atoms with E-state index in [1.54, 1.807) is 12.4 Å². The predicted octanol–water partition coefficient (Wildman–Crippen LogP) is 3.55. The lowest BCUT2D eigenvalue weighted by Crippen LogP contribution is -1.86. The van der Waals surface area contributed by atoms with Gasteiger partial charge in [0.2, 0.25) is 0 Å². The molecular weight excluding hydrogens is 342 g/mol. The van der Waals surface area contributed by atoms with Crippen LogP contribution < -0.4 is 0 Å². The minimum absolute atomic E-state index is 0.851. The number of rotatable bonds is 2. The Labute approximate surface area is 108 Å². The monoisotopic (exact) mass is 345 g/mol. The highest BCUT2D eigenvalue weighted by Crippen LogP contribution is 2.33. The molecule has 3 nitrogen and oxygen atoms in total. The Morgan fingerprint density at radius 1 is 1.07 bits per heavy atom. The third kappa shape index (κ3) is 2.76. The van der Waals surface area contributed by atoms with E-state index in [1.165, 1.54) is 18.1 Å². The fourth-order valence-electron chi connectivity index (χ4n) is 0.914. The average molecular weight is 347 g/mol. The zero-order valence-electron chi connectivity index (χ0n) is 7.39. The van der Waals surface area contributed by atoms with Crippen molar-refractivity contribution in [2.75, 3.05) is 0 Å². The van der Waals surface area contributed by atoms with Crippen LogP contribution in [0.3, 0.4) is 0 Å². The second kappa shape index (κ2) is 5.05. The molecule has 2 aromatic heterocycles. The summed E-state index contributed by atoms with van der Waals surface area (Å²) >= 11 is 8.31. The van der Waals surface area contributed by atoms with Crippen LogP contribution in [0.2, 0.25) is 0 Å². The molecule has 0 saturated heterocycles. The van der Waals surface area contributed by atoms with Crippen molar-refractivity contribution in [2.24, 2.45) is 0 Å². The third-order valence-electron chi connectivity index (χ3n) is 1.55. The number of pyridine rings is 1. The van der Waals surface area contributed by atoms with Crippen LogP contribution in [-0.2, 0) is 0 Å². The van der Waals surface area contributed by atoms with Gasteiger partial charge >= 0.3 is 0 Å². The average Bonchev–Trinajstić information content (AvgIpc) is 2.24. The van der Waals surface area contributed by atoms with Crippen molar-refractivity contribution in [1.29, 1.82) is 0 Å². The minimum atomic E-state index is 0.851. The molecule has 0 amide bonds. The lowest BCUT2D eigenvalue weighted by atomic mass is 10.5. The molecule has 15 heavy (non-hydrogen) atoms. The van der Waals surface area contributed by atoms with Crippen LogP contribution in [0.15, 0.2) is 49.9 Å². The maximum atomic E-state index is 4.25. The van der Waals surface area contributed by atoms with E-state index < -0.39 is 0 Å². The van der Waals surface area contributed by atoms with E-state index >= 15 is 0 Å². The van der Waals surface area contributed by atoms with E-state index in [9.17, 15) is 0 Å². The highest BCUT2D eigenvalue weighted by molar-refractivity contribution is 9.11. The van der Waals surface area contributed by atoms with Crippen LogP contribution in [0, 0.1) is 0 Å². The van der Waals surface area contributed by atoms with Gasteiger partial charge in [0.15, 0.2) is 0 Å². The molecule has 0 fully saturated rings. The summed E-state index contributed by atoms with van der Waals surface area (Å²) in [6.45, 7) is 0. The normalized spacial score (nSPS) is 10.3. The van der Waals surface area contributed by atoms with E-state index in [0.29, 0.717) is 0 Å². The molecule has 2 rings (SSSR count).